The van der Waals surface area contributed by atoms with E-state index in [0.717, 1.165) is 18.5 Å². The third-order valence-electron chi connectivity index (χ3n) is 3.35. The van der Waals surface area contributed by atoms with Crippen molar-refractivity contribution in [2.45, 2.75) is 31.2 Å². The Balaban J connectivity index is 1.70. The van der Waals surface area contributed by atoms with Gasteiger partial charge in [-0.3, -0.25) is 14.7 Å². The van der Waals surface area contributed by atoms with Crippen LogP contribution in [-0.2, 0) is 4.79 Å². The van der Waals surface area contributed by atoms with Crippen LogP contribution in [0.1, 0.15) is 41.4 Å². The maximum Gasteiger partial charge on any atom is 0.274 e. The van der Waals surface area contributed by atoms with Crippen molar-refractivity contribution in [1.82, 2.24) is 20.8 Å². The summed E-state index contributed by atoms with van der Waals surface area (Å²) in [7, 11) is 0. The van der Waals surface area contributed by atoms with Gasteiger partial charge in [0.15, 0.2) is 5.69 Å². The molecule has 1 aromatic heterocycles. The minimum atomic E-state index is -0.322. The Morgan fingerprint density at radius 2 is 2.22 bits per heavy atom. The molecule has 1 aliphatic heterocycles. The SMILES string of the molecule is Nc1c(C(=O)NC2CNC(=O)C2)n[nH]c1C1CC1. The maximum absolute atomic E-state index is 12.0. The van der Waals surface area contributed by atoms with E-state index in [4.69, 9.17) is 5.73 Å². The van der Waals surface area contributed by atoms with Crippen LogP contribution in [0, 0.1) is 0 Å². The fourth-order valence-electron chi connectivity index (χ4n) is 2.18. The number of H-pyrrole nitrogens is 1. The van der Waals surface area contributed by atoms with E-state index in [-0.39, 0.29) is 23.6 Å². The number of amides is 2. The highest BCUT2D eigenvalue weighted by Crippen LogP contribution is 2.42. The van der Waals surface area contributed by atoms with Crippen molar-refractivity contribution in [1.29, 1.82) is 0 Å². The Bertz CT molecular complexity index is 506. The minimum absolute atomic E-state index is 0.0473. The highest BCUT2D eigenvalue weighted by Gasteiger charge is 2.31. The molecule has 1 aliphatic carbocycles. The first-order valence-electron chi connectivity index (χ1n) is 6.06. The van der Waals surface area contributed by atoms with Crippen molar-refractivity contribution in [3.63, 3.8) is 0 Å². The molecular weight excluding hydrogens is 234 g/mol. The van der Waals surface area contributed by atoms with E-state index in [1.54, 1.807) is 0 Å². The molecule has 2 fully saturated rings. The molecule has 2 aliphatic rings. The molecule has 0 aromatic carbocycles. The Kier molecular flexibility index (Phi) is 2.46. The van der Waals surface area contributed by atoms with Crippen LogP contribution in [0.3, 0.4) is 0 Å². The van der Waals surface area contributed by atoms with Crippen molar-refractivity contribution in [2.24, 2.45) is 0 Å². The average molecular weight is 249 g/mol. The smallest absolute Gasteiger partial charge is 0.274 e. The molecule has 2 amide bonds. The van der Waals surface area contributed by atoms with E-state index in [9.17, 15) is 9.59 Å². The molecule has 1 atom stereocenters. The van der Waals surface area contributed by atoms with Crippen molar-refractivity contribution in [3.05, 3.63) is 11.4 Å². The lowest BCUT2D eigenvalue weighted by Crippen LogP contribution is -2.36. The quantitative estimate of drug-likeness (QED) is 0.577. The molecule has 18 heavy (non-hydrogen) atoms. The number of nitrogen functional groups attached to an aromatic ring is 1. The molecule has 3 rings (SSSR count). The summed E-state index contributed by atoms with van der Waals surface area (Å²) in [5.74, 6) is 0.0555. The minimum Gasteiger partial charge on any atom is -0.395 e. The van der Waals surface area contributed by atoms with Crippen molar-refractivity contribution in [3.8, 4) is 0 Å². The van der Waals surface area contributed by atoms with Gasteiger partial charge in [-0.15, -0.1) is 0 Å². The number of nitrogens with two attached hydrogens (primary N) is 1. The van der Waals surface area contributed by atoms with Gasteiger partial charge in [-0.05, 0) is 12.8 Å². The third kappa shape index (κ3) is 1.92. The van der Waals surface area contributed by atoms with Crippen LogP contribution in [0.2, 0.25) is 0 Å². The van der Waals surface area contributed by atoms with Crippen LogP contribution < -0.4 is 16.4 Å². The van der Waals surface area contributed by atoms with Gasteiger partial charge in [-0.25, -0.2) is 0 Å². The summed E-state index contributed by atoms with van der Waals surface area (Å²) in [6.07, 6.45) is 2.49. The topological polar surface area (TPSA) is 113 Å². The highest BCUT2D eigenvalue weighted by atomic mass is 16.2. The monoisotopic (exact) mass is 249 g/mol. The van der Waals surface area contributed by atoms with Gasteiger partial charge in [0.05, 0.1) is 17.4 Å². The maximum atomic E-state index is 12.0. The molecule has 96 valence electrons. The number of carbonyl (C=O) groups excluding carboxylic acids is 2. The molecule has 1 saturated carbocycles. The van der Waals surface area contributed by atoms with Gasteiger partial charge in [0, 0.05) is 18.9 Å². The fourth-order valence-corrected chi connectivity index (χ4v) is 2.18. The lowest BCUT2D eigenvalue weighted by atomic mass is 10.2. The van der Waals surface area contributed by atoms with Gasteiger partial charge in [0.2, 0.25) is 5.91 Å². The third-order valence-corrected chi connectivity index (χ3v) is 3.35. The van der Waals surface area contributed by atoms with E-state index in [2.05, 4.69) is 20.8 Å². The molecule has 1 aromatic rings. The van der Waals surface area contributed by atoms with E-state index in [1.807, 2.05) is 0 Å². The predicted molar refractivity (Wildman–Crippen MR) is 63.9 cm³/mol. The van der Waals surface area contributed by atoms with Crippen molar-refractivity contribution >= 4 is 17.5 Å². The summed E-state index contributed by atoms with van der Waals surface area (Å²) >= 11 is 0. The van der Waals surface area contributed by atoms with Crippen LogP contribution in [0.25, 0.3) is 0 Å². The summed E-state index contributed by atoms with van der Waals surface area (Å²) in [5, 5.41) is 12.2. The lowest BCUT2D eigenvalue weighted by molar-refractivity contribution is -0.119. The normalized spacial score (nSPS) is 22.9. The number of nitrogens with zero attached hydrogens (tertiary/aromatic N) is 1. The first-order valence-corrected chi connectivity index (χ1v) is 6.06. The van der Waals surface area contributed by atoms with Gasteiger partial charge < -0.3 is 16.4 Å². The average Bonchev–Trinajstić information content (AvgIpc) is 2.98. The lowest BCUT2D eigenvalue weighted by Gasteiger charge is -2.08. The molecule has 2 heterocycles. The van der Waals surface area contributed by atoms with E-state index >= 15 is 0 Å². The van der Waals surface area contributed by atoms with Crippen LogP contribution in [0.15, 0.2) is 0 Å². The zero-order valence-corrected chi connectivity index (χ0v) is 9.82. The van der Waals surface area contributed by atoms with E-state index in [0.29, 0.717) is 24.6 Å². The predicted octanol–water partition coefficient (Wildman–Crippen LogP) is -0.512. The van der Waals surface area contributed by atoms with Gasteiger partial charge >= 0.3 is 0 Å². The second-order valence-electron chi connectivity index (χ2n) is 4.85. The number of rotatable bonds is 3. The molecule has 0 radical (unpaired) electrons. The Labute approximate surface area is 103 Å². The number of carbonyl (C=O) groups is 2. The van der Waals surface area contributed by atoms with Crippen LogP contribution in [-0.4, -0.2) is 34.6 Å². The van der Waals surface area contributed by atoms with Crippen molar-refractivity contribution < 1.29 is 9.59 Å². The number of anilines is 1. The first kappa shape index (κ1) is 11.1. The Morgan fingerprint density at radius 1 is 1.44 bits per heavy atom. The summed E-state index contributed by atoms with van der Waals surface area (Å²) in [5.41, 5.74) is 7.44. The van der Waals surface area contributed by atoms with E-state index in [1.165, 1.54) is 0 Å². The number of hydrogen-bond acceptors (Lipinski definition) is 4. The molecule has 1 saturated heterocycles. The zero-order chi connectivity index (χ0) is 12.7. The zero-order valence-electron chi connectivity index (χ0n) is 9.82. The molecule has 7 nitrogen and oxygen atoms in total. The number of hydrogen-bond donors (Lipinski definition) is 4. The molecule has 0 spiro atoms. The molecule has 7 heteroatoms. The first-order chi connectivity index (χ1) is 8.65. The second kappa shape index (κ2) is 4.01. The van der Waals surface area contributed by atoms with Gasteiger partial charge in [-0.1, -0.05) is 0 Å². The number of nitrogens with one attached hydrogen (secondary N) is 3. The summed E-state index contributed by atoms with van der Waals surface area (Å²) in [6.45, 7) is 0.463. The Morgan fingerprint density at radius 3 is 2.83 bits per heavy atom. The summed E-state index contributed by atoms with van der Waals surface area (Å²) in [4.78, 5) is 23.0. The molecule has 0 bridgehead atoms. The van der Waals surface area contributed by atoms with E-state index < -0.39 is 0 Å². The highest BCUT2D eigenvalue weighted by molar-refractivity contribution is 5.98. The van der Waals surface area contributed by atoms with Gasteiger partial charge in [0.25, 0.3) is 5.91 Å². The largest absolute Gasteiger partial charge is 0.395 e. The summed E-state index contributed by atoms with van der Waals surface area (Å²) < 4.78 is 0. The van der Waals surface area contributed by atoms with Gasteiger partial charge in [-0.2, -0.15) is 5.10 Å². The van der Waals surface area contributed by atoms with Gasteiger partial charge in [0.1, 0.15) is 0 Å². The van der Waals surface area contributed by atoms with Crippen LogP contribution in [0.4, 0.5) is 5.69 Å². The van der Waals surface area contributed by atoms with Crippen LogP contribution in [0.5, 0.6) is 0 Å². The molecular formula is C11H15N5O2. The molecule has 1 unspecified atom stereocenters. The number of aromatic amines is 1. The van der Waals surface area contributed by atoms with Crippen LogP contribution >= 0.6 is 0 Å². The standard InChI is InChI=1S/C11H15N5O2/c12-8-9(5-1-2-5)15-16-10(8)11(18)14-6-3-7(17)13-4-6/h5-6H,1-4,12H2,(H,13,17)(H,14,18)(H,15,16). The molecule has 5 N–H and O–H groups in total. The summed E-state index contributed by atoms with van der Waals surface area (Å²) in [6, 6.07) is -0.175. The second-order valence-corrected chi connectivity index (χ2v) is 4.85. The van der Waals surface area contributed by atoms with Crippen molar-refractivity contribution in [2.75, 3.05) is 12.3 Å². The number of aromatic nitrogens is 2. The Hall–Kier alpha value is -2.05. The fraction of sp³-hybridized carbons (Fsp3) is 0.545.